The van der Waals surface area contributed by atoms with Crippen molar-refractivity contribution in [3.05, 3.63) is 60.7 Å². The summed E-state index contributed by atoms with van der Waals surface area (Å²) >= 11 is 0. The van der Waals surface area contributed by atoms with Crippen molar-refractivity contribution in [3.63, 3.8) is 0 Å². The van der Waals surface area contributed by atoms with Gasteiger partial charge in [0.25, 0.3) is 0 Å². The highest BCUT2D eigenvalue weighted by molar-refractivity contribution is 5.89. The Hall–Kier alpha value is -3.87. The summed E-state index contributed by atoms with van der Waals surface area (Å²) in [7, 11) is 0. The van der Waals surface area contributed by atoms with E-state index < -0.39 is 11.9 Å². The zero-order chi connectivity index (χ0) is 22.5. The van der Waals surface area contributed by atoms with Crippen LogP contribution in [0.2, 0.25) is 0 Å². The molecule has 0 saturated carbocycles. The van der Waals surface area contributed by atoms with Crippen LogP contribution in [0.3, 0.4) is 0 Å². The molecule has 0 fully saturated rings. The number of aryl methyl sites for hydroxylation is 1. The third-order valence-electron chi connectivity index (χ3n) is 5.30. The number of aromatic nitrogens is 2. The van der Waals surface area contributed by atoms with Gasteiger partial charge in [0.1, 0.15) is 11.6 Å². The molecule has 0 aliphatic heterocycles. The van der Waals surface area contributed by atoms with Gasteiger partial charge in [-0.15, -0.1) is 0 Å². The van der Waals surface area contributed by atoms with Crippen LogP contribution in [0.1, 0.15) is 25.7 Å². The Kier molecular flexibility index (Phi) is 6.35. The van der Waals surface area contributed by atoms with Crippen LogP contribution in [0.15, 0.2) is 60.7 Å². The van der Waals surface area contributed by atoms with Gasteiger partial charge in [-0.25, -0.2) is 4.98 Å². The van der Waals surface area contributed by atoms with Gasteiger partial charge in [-0.3, -0.25) is 9.59 Å². The molecule has 4 rings (SSSR count). The van der Waals surface area contributed by atoms with E-state index in [1.165, 1.54) is 0 Å². The van der Waals surface area contributed by atoms with Crippen molar-refractivity contribution in [1.82, 2.24) is 9.55 Å². The van der Waals surface area contributed by atoms with Gasteiger partial charge < -0.3 is 19.5 Å². The van der Waals surface area contributed by atoms with Gasteiger partial charge in [0.15, 0.2) is 0 Å². The molecule has 1 heterocycles. The Balaban J connectivity index is 1.61. The minimum Gasteiger partial charge on any atom is -0.494 e. The van der Waals surface area contributed by atoms with E-state index in [9.17, 15) is 9.59 Å². The molecule has 0 aliphatic rings. The number of rotatable bonds is 10. The number of imidazole rings is 1. The molecule has 7 heteroatoms. The van der Waals surface area contributed by atoms with Crippen LogP contribution in [0.25, 0.3) is 33.2 Å². The van der Waals surface area contributed by atoms with Crippen molar-refractivity contribution >= 4 is 33.7 Å². The number of carboxylic acid groups (broad SMARTS) is 2. The van der Waals surface area contributed by atoms with E-state index in [-0.39, 0.29) is 12.8 Å². The fourth-order valence-corrected chi connectivity index (χ4v) is 3.78. The Morgan fingerprint density at radius 3 is 2.41 bits per heavy atom. The standard InChI is InChI=1S/C25H24N2O5/c28-23(29)7-3-13-27-22-6-2-1-5-21(22)26-25(27)19-10-9-18-16-20(12-11-17(18)15-19)32-14-4-8-24(30)31/h1-2,5-6,9-12,15-16H,3-4,7-8,13-14H2,(H,28,29)(H,30,31). The number of hydrogen-bond donors (Lipinski definition) is 2. The number of para-hydroxylation sites is 2. The van der Waals surface area contributed by atoms with Crippen LogP contribution in [0.5, 0.6) is 5.75 Å². The molecule has 32 heavy (non-hydrogen) atoms. The minimum atomic E-state index is -0.825. The van der Waals surface area contributed by atoms with Gasteiger partial charge >= 0.3 is 11.9 Å². The lowest BCUT2D eigenvalue weighted by molar-refractivity contribution is -0.138. The normalized spacial score (nSPS) is 11.1. The average molecular weight is 432 g/mol. The second kappa shape index (κ2) is 9.51. The summed E-state index contributed by atoms with van der Waals surface area (Å²) in [5.74, 6) is -0.111. The smallest absolute Gasteiger partial charge is 0.303 e. The van der Waals surface area contributed by atoms with E-state index in [0.717, 1.165) is 33.2 Å². The highest BCUT2D eigenvalue weighted by Crippen LogP contribution is 2.29. The summed E-state index contributed by atoms with van der Waals surface area (Å²) in [5, 5.41) is 19.8. The molecule has 3 aromatic carbocycles. The van der Waals surface area contributed by atoms with Crippen molar-refractivity contribution in [3.8, 4) is 17.1 Å². The van der Waals surface area contributed by atoms with Crippen molar-refractivity contribution in [2.45, 2.75) is 32.2 Å². The van der Waals surface area contributed by atoms with Crippen molar-refractivity contribution in [2.75, 3.05) is 6.61 Å². The fraction of sp³-hybridized carbons (Fsp3) is 0.240. The third kappa shape index (κ3) is 4.88. The summed E-state index contributed by atoms with van der Waals surface area (Å²) < 4.78 is 7.76. The second-order valence-corrected chi connectivity index (χ2v) is 7.64. The molecule has 0 saturated heterocycles. The molecule has 2 N–H and O–H groups in total. The number of hydrogen-bond acceptors (Lipinski definition) is 4. The zero-order valence-electron chi connectivity index (χ0n) is 17.5. The number of ether oxygens (including phenoxy) is 1. The van der Waals surface area contributed by atoms with Crippen molar-refractivity contribution in [2.24, 2.45) is 0 Å². The number of benzene rings is 3. The van der Waals surface area contributed by atoms with Crippen molar-refractivity contribution < 1.29 is 24.5 Å². The molecule has 0 aliphatic carbocycles. The lowest BCUT2D eigenvalue weighted by Gasteiger charge is -2.10. The Bertz CT molecular complexity index is 1280. The van der Waals surface area contributed by atoms with Crippen molar-refractivity contribution in [1.29, 1.82) is 0 Å². The van der Waals surface area contributed by atoms with E-state index in [0.29, 0.717) is 31.7 Å². The maximum atomic E-state index is 11.0. The number of carboxylic acids is 2. The van der Waals surface area contributed by atoms with E-state index in [1.807, 2.05) is 54.6 Å². The van der Waals surface area contributed by atoms with Crippen LogP contribution >= 0.6 is 0 Å². The van der Waals surface area contributed by atoms with Crippen LogP contribution in [0.4, 0.5) is 0 Å². The maximum Gasteiger partial charge on any atom is 0.303 e. The second-order valence-electron chi connectivity index (χ2n) is 7.64. The number of aliphatic carboxylic acids is 2. The predicted octanol–water partition coefficient (Wildman–Crippen LogP) is 4.96. The molecular formula is C25H24N2O5. The summed E-state index contributed by atoms with van der Waals surface area (Å²) in [4.78, 5) is 26.4. The summed E-state index contributed by atoms with van der Waals surface area (Å²) in [5.41, 5.74) is 2.82. The molecule has 1 aromatic heterocycles. The van der Waals surface area contributed by atoms with E-state index in [2.05, 4.69) is 10.6 Å². The highest BCUT2D eigenvalue weighted by atomic mass is 16.5. The first-order valence-corrected chi connectivity index (χ1v) is 10.6. The Morgan fingerprint density at radius 2 is 1.59 bits per heavy atom. The number of nitrogens with zero attached hydrogens (tertiary/aromatic N) is 2. The van der Waals surface area contributed by atoms with Crippen LogP contribution < -0.4 is 4.74 Å². The van der Waals surface area contributed by atoms with Gasteiger partial charge in [-0.05, 0) is 53.9 Å². The monoisotopic (exact) mass is 432 g/mol. The average Bonchev–Trinajstić information content (AvgIpc) is 3.14. The molecule has 0 spiro atoms. The largest absolute Gasteiger partial charge is 0.494 e. The molecule has 0 atom stereocenters. The third-order valence-corrected chi connectivity index (χ3v) is 5.30. The lowest BCUT2D eigenvalue weighted by atomic mass is 10.1. The highest BCUT2D eigenvalue weighted by Gasteiger charge is 2.13. The first-order chi connectivity index (χ1) is 15.5. The Labute approximate surface area is 184 Å². The van der Waals surface area contributed by atoms with Crippen LogP contribution in [-0.2, 0) is 16.1 Å². The number of carbonyl (C=O) groups is 2. The van der Waals surface area contributed by atoms with Gasteiger partial charge in [-0.2, -0.15) is 0 Å². The quantitative estimate of drug-likeness (QED) is 0.343. The van der Waals surface area contributed by atoms with Gasteiger partial charge in [0.2, 0.25) is 0 Å². The summed E-state index contributed by atoms with van der Waals surface area (Å²) in [6, 6.07) is 19.7. The van der Waals surface area contributed by atoms with Gasteiger partial charge in [-0.1, -0.05) is 30.3 Å². The van der Waals surface area contributed by atoms with Crippen LogP contribution in [-0.4, -0.2) is 38.3 Å². The first-order valence-electron chi connectivity index (χ1n) is 10.6. The van der Waals surface area contributed by atoms with E-state index in [1.54, 1.807) is 0 Å². The predicted molar refractivity (Wildman–Crippen MR) is 122 cm³/mol. The topological polar surface area (TPSA) is 102 Å². The number of fused-ring (bicyclic) bond motifs is 2. The molecule has 164 valence electrons. The van der Waals surface area contributed by atoms with Gasteiger partial charge in [0, 0.05) is 24.9 Å². The fourth-order valence-electron chi connectivity index (χ4n) is 3.78. The van der Waals surface area contributed by atoms with Crippen LogP contribution in [0, 0.1) is 0 Å². The maximum absolute atomic E-state index is 11.0. The SMILES string of the molecule is O=C(O)CCCOc1ccc2cc(-c3nc4ccccc4n3CCCC(=O)O)ccc2c1. The molecule has 4 aromatic rings. The molecular weight excluding hydrogens is 408 g/mol. The zero-order valence-corrected chi connectivity index (χ0v) is 17.5. The first kappa shape index (κ1) is 21.4. The molecule has 0 radical (unpaired) electrons. The minimum absolute atomic E-state index is 0.0877. The lowest BCUT2D eigenvalue weighted by Crippen LogP contribution is -2.04. The molecule has 0 amide bonds. The van der Waals surface area contributed by atoms with Gasteiger partial charge in [0.05, 0.1) is 17.6 Å². The molecule has 0 unspecified atom stereocenters. The Morgan fingerprint density at radius 1 is 0.875 bits per heavy atom. The molecule has 0 bridgehead atoms. The summed E-state index contributed by atoms with van der Waals surface area (Å²) in [6.07, 6.45) is 1.19. The molecule has 7 nitrogen and oxygen atoms in total. The van der Waals surface area contributed by atoms with E-state index in [4.69, 9.17) is 19.9 Å². The van der Waals surface area contributed by atoms with E-state index >= 15 is 0 Å². The summed E-state index contributed by atoms with van der Waals surface area (Å²) in [6.45, 7) is 0.930.